The summed E-state index contributed by atoms with van der Waals surface area (Å²) in [6, 6.07) is 13.1. The average Bonchev–Trinajstić information content (AvgIpc) is 2.91. The highest BCUT2D eigenvalue weighted by atomic mass is 79.9. The molecule has 2 aromatic rings. The Labute approximate surface area is 125 Å². The second kappa shape index (κ2) is 5.26. The van der Waals surface area contributed by atoms with Crippen LogP contribution >= 0.6 is 15.9 Å². The van der Waals surface area contributed by atoms with E-state index in [1.165, 1.54) is 0 Å². The van der Waals surface area contributed by atoms with Crippen molar-refractivity contribution in [1.82, 2.24) is 5.48 Å². The van der Waals surface area contributed by atoms with E-state index in [0.717, 1.165) is 15.6 Å². The molecular formula is C15H13BrN2O2. The fourth-order valence-electron chi connectivity index (χ4n) is 2.10. The first-order valence-corrected chi connectivity index (χ1v) is 6.98. The molecule has 0 aliphatic carbocycles. The highest BCUT2D eigenvalue weighted by molar-refractivity contribution is 9.10. The quantitative estimate of drug-likeness (QED) is 0.885. The van der Waals surface area contributed by atoms with E-state index in [9.17, 15) is 5.11 Å². The van der Waals surface area contributed by atoms with Crippen molar-refractivity contribution in [2.75, 3.05) is 0 Å². The van der Waals surface area contributed by atoms with Crippen molar-refractivity contribution in [2.45, 2.75) is 13.2 Å². The minimum atomic E-state index is -0.554. The molecule has 3 rings (SSSR count). The van der Waals surface area contributed by atoms with Gasteiger partial charge in [-0.3, -0.25) is 0 Å². The minimum Gasteiger partial charge on any atom is -0.507 e. The lowest BCUT2D eigenvalue weighted by molar-refractivity contribution is 0.0362. The zero-order valence-electron chi connectivity index (χ0n) is 10.8. The van der Waals surface area contributed by atoms with Crippen LogP contribution in [-0.2, 0) is 4.84 Å². The number of hydroxylamine groups is 1. The number of nitrogens with zero attached hydrogens (tertiary/aromatic N) is 1. The Balaban J connectivity index is 1.96. The van der Waals surface area contributed by atoms with Crippen LogP contribution in [0.3, 0.4) is 0 Å². The third kappa shape index (κ3) is 2.42. The lowest BCUT2D eigenvalue weighted by atomic mass is 10.1. The van der Waals surface area contributed by atoms with Gasteiger partial charge >= 0.3 is 0 Å². The fraction of sp³-hybridized carbons (Fsp3) is 0.133. The number of nitrogens with one attached hydrogen (secondary N) is 1. The van der Waals surface area contributed by atoms with E-state index in [-0.39, 0.29) is 5.75 Å². The molecule has 2 N–H and O–H groups in total. The number of aryl methyl sites for hydroxylation is 1. The van der Waals surface area contributed by atoms with Gasteiger partial charge in [0.05, 0.1) is 0 Å². The minimum absolute atomic E-state index is 0.162. The van der Waals surface area contributed by atoms with Crippen LogP contribution in [0.4, 0.5) is 0 Å². The molecule has 0 fully saturated rings. The van der Waals surface area contributed by atoms with Crippen LogP contribution in [0.25, 0.3) is 0 Å². The van der Waals surface area contributed by atoms with Gasteiger partial charge in [-0.05, 0) is 30.7 Å². The van der Waals surface area contributed by atoms with E-state index in [1.54, 1.807) is 18.2 Å². The molecule has 0 radical (unpaired) electrons. The summed E-state index contributed by atoms with van der Waals surface area (Å²) < 4.78 is 0.869. The summed E-state index contributed by atoms with van der Waals surface area (Å²) >= 11 is 3.38. The van der Waals surface area contributed by atoms with Crippen LogP contribution in [0.2, 0.25) is 0 Å². The molecule has 0 aromatic heterocycles. The van der Waals surface area contributed by atoms with Crippen LogP contribution in [-0.4, -0.2) is 10.9 Å². The van der Waals surface area contributed by atoms with Crippen molar-refractivity contribution in [3.8, 4) is 5.75 Å². The molecule has 0 saturated carbocycles. The smallest absolute Gasteiger partial charge is 0.206 e. The van der Waals surface area contributed by atoms with Gasteiger partial charge < -0.3 is 5.11 Å². The van der Waals surface area contributed by atoms with Crippen molar-refractivity contribution in [3.63, 3.8) is 0 Å². The van der Waals surface area contributed by atoms with Crippen molar-refractivity contribution >= 4 is 21.8 Å². The van der Waals surface area contributed by atoms with Gasteiger partial charge in [0, 0.05) is 15.6 Å². The van der Waals surface area contributed by atoms with Gasteiger partial charge in [-0.1, -0.05) is 40.2 Å². The monoisotopic (exact) mass is 332 g/mol. The first-order valence-electron chi connectivity index (χ1n) is 6.19. The topological polar surface area (TPSA) is 53.9 Å². The van der Waals surface area contributed by atoms with Crippen LogP contribution in [0.1, 0.15) is 22.9 Å². The summed E-state index contributed by atoms with van der Waals surface area (Å²) in [6.07, 6.45) is -0.554. The predicted octanol–water partition coefficient (Wildman–Crippen LogP) is 3.44. The van der Waals surface area contributed by atoms with E-state index < -0.39 is 6.23 Å². The van der Waals surface area contributed by atoms with Crippen molar-refractivity contribution in [2.24, 2.45) is 4.99 Å². The van der Waals surface area contributed by atoms with Gasteiger partial charge in [0.25, 0.3) is 0 Å². The number of halogens is 1. The summed E-state index contributed by atoms with van der Waals surface area (Å²) in [5.74, 6) is 0.835. The third-order valence-electron chi connectivity index (χ3n) is 3.17. The van der Waals surface area contributed by atoms with E-state index in [4.69, 9.17) is 4.84 Å². The number of benzene rings is 2. The number of phenols is 1. The molecule has 4 nitrogen and oxygen atoms in total. The maximum absolute atomic E-state index is 9.91. The molecule has 1 heterocycles. The summed E-state index contributed by atoms with van der Waals surface area (Å²) in [7, 11) is 0. The number of aromatic hydroxyl groups is 1. The van der Waals surface area contributed by atoms with Crippen molar-refractivity contribution < 1.29 is 9.94 Å². The van der Waals surface area contributed by atoms with E-state index >= 15 is 0 Å². The number of hydrogen-bond acceptors (Lipinski definition) is 4. The van der Waals surface area contributed by atoms with Gasteiger partial charge in [-0.2, -0.15) is 0 Å². The Morgan fingerprint density at radius 3 is 2.85 bits per heavy atom. The fourth-order valence-corrected chi connectivity index (χ4v) is 2.48. The van der Waals surface area contributed by atoms with Crippen LogP contribution < -0.4 is 5.48 Å². The second-order valence-corrected chi connectivity index (χ2v) is 5.48. The van der Waals surface area contributed by atoms with Crippen molar-refractivity contribution in [3.05, 3.63) is 63.6 Å². The molecule has 5 heteroatoms. The van der Waals surface area contributed by atoms with E-state index in [2.05, 4.69) is 26.4 Å². The van der Waals surface area contributed by atoms with E-state index in [0.29, 0.717) is 11.4 Å². The molecule has 1 aliphatic rings. The maximum Gasteiger partial charge on any atom is 0.206 e. The average molecular weight is 333 g/mol. The Morgan fingerprint density at radius 1 is 1.25 bits per heavy atom. The third-order valence-corrected chi connectivity index (χ3v) is 3.66. The van der Waals surface area contributed by atoms with Gasteiger partial charge in [-0.15, -0.1) is 0 Å². The van der Waals surface area contributed by atoms with Crippen LogP contribution in [0, 0.1) is 6.92 Å². The molecule has 0 amide bonds. The molecule has 2 aromatic carbocycles. The lowest BCUT2D eigenvalue weighted by Gasteiger charge is -2.08. The number of aliphatic imine (C=N–C) groups is 1. The van der Waals surface area contributed by atoms with Crippen LogP contribution in [0.5, 0.6) is 5.75 Å². The highest BCUT2D eigenvalue weighted by Crippen LogP contribution is 2.32. The highest BCUT2D eigenvalue weighted by Gasteiger charge is 2.24. The summed E-state index contributed by atoms with van der Waals surface area (Å²) in [5, 5.41) is 9.91. The molecule has 20 heavy (non-hydrogen) atoms. The summed E-state index contributed by atoms with van der Waals surface area (Å²) in [4.78, 5) is 9.96. The molecule has 1 atom stereocenters. The summed E-state index contributed by atoms with van der Waals surface area (Å²) in [6.45, 7) is 2.02. The Bertz CT molecular complexity index is 685. The van der Waals surface area contributed by atoms with Gasteiger partial charge in [0.15, 0.2) is 5.84 Å². The Hall–Kier alpha value is -1.85. The zero-order valence-corrected chi connectivity index (χ0v) is 12.4. The largest absolute Gasteiger partial charge is 0.507 e. The van der Waals surface area contributed by atoms with Gasteiger partial charge in [0.1, 0.15) is 5.75 Å². The summed E-state index contributed by atoms with van der Waals surface area (Å²) in [5.41, 5.74) is 5.56. The predicted molar refractivity (Wildman–Crippen MR) is 80.5 cm³/mol. The Kier molecular flexibility index (Phi) is 3.46. The molecule has 0 unspecified atom stereocenters. The first-order chi connectivity index (χ1) is 9.65. The maximum atomic E-state index is 9.91. The normalized spacial score (nSPS) is 17.7. The number of hydrogen-bond donors (Lipinski definition) is 2. The standard InChI is InChI=1S/C15H13BrN2O2/c1-9-4-2-3-5-11(9)14-17-15(20-18-14)12-8-10(16)6-7-13(12)19/h2-8,15,19H,1H3,(H,17,18)/t15-/m1/s1. The molecule has 102 valence electrons. The van der Waals surface area contributed by atoms with Gasteiger partial charge in [-0.25, -0.2) is 15.3 Å². The Morgan fingerprint density at radius 2 is 2.05 bits per heavy atom. The van der Waals surface area contributed by atoms with Crippen molar-refractivity contribution in [1.29, 1.82) is 0 Å². The lowest BCUT2D eigenvalue weighted by Crippen LogP contribution is -2.19. The molecule has 0 bridgehead atoms. The molecule has 1 aliphatic heterocycles. The second-order valence-electron chi connectivity index (χ2n) is 4.57. The molecular weight excluding hydrogens is 320 g/mol. The molecule has 0 spiro atoms. The zero-order chi connectivity index (χ0) is 14.1. The van der Waals surface area contributed by atoms with E-state index in [1.807, 2.05) is 31.2 Å². The number of phenolic OH excluding ortho intramolecular Hbond substituents is 1. The van der Waals surface area contributed by atoms with Gasteiger partial charge in [0.2, 0.25) is 6.23 Å². The number of rotatable bonds is 2. The van der Waals surface area contributed by atoms with Crippen LogP contribution in [0.15, 0.2) is 51.9 Å². The SMILES string of the molecule is Cc1ccccc1C1=N[C@@H](c2cc(Br)ccc2O)ON1. The molecule has 0 saturated heterocycles. The first kappa shape index (κ1) is 13.1. The number of amidine groups is 1.